The van der Waals surface area contributed by atoms with E-state index >= 15 is 0 Å². The number of carbonyl (C=O) groups is 3. The van der Waals surface area contributed by atoms with E-state index in [0.717, 1.165) is 11.4 Å². The van der Waals surface area contributed by atoms with E-state index in [1.54, 1.807) is 28.9 Å². The van der Waals surface area contributed by atoms with Crippen LogP contribution in [0.15, 0.2) is 48.6 Å². The molecule has 2 heterocycles. The molecule has 1 aliphatic heterocycles. The minimum Gasteiger partial charge on any atom is -0.274 e. The Morgan fingerprint density at radius 2 is 1.56 bits per heavy atom. The fraction of sp³-hybridized carbons (Fsp3) is 0.286. The molecule has 2 aliphatic rings. The van der Waals surface area contributed by atoms with Gasteiger partial charge < -0.3 is 0 Å². The molecule has 0 saturated carbocycles. The van der Waals surface area contributed by atoms with Gasteiger partial charge in [-0.05, 0) is 57.0 Å². The molecule has 27 heavy (non-hydrogen) atoms. The van der Waals surface area contributed by atoms with E-state index in [1.807, 2.05) is 38.1 Å². The molecule has 6 nitrogen and oxygen atoms in total. The molecule has 3 amide bonds. The molecule has 0 bridgehead atoms. The first-order chi connectivity index (χ1) is 13.0. The third kappa shape index (κ3) is 2.87. The summed E-state index contributed by atoms with van der Waals surface area (Å²) in [5.74, 6) is -1.22. The van der Waals surface area contributed by atoms with Crippen molar-refractivity contribution in [2.75, 3.05) is 10.3 Å². The number of carbonyl (C=O) groups excluding carboxylic acids is 3. The molecule has 1 aromatic carbocycles. The lowest BCUT2D eigenvalue weighted by Gasteiger charge is -2.16. The van der Waals surface area contributed by atoms with Crippen molar-refractivity contribution in [2.24, 2.45) is 11.8 Å². The Morgan fingerprint density at radius 1 is 0.963 bits per heavy atom. The Bertz CT molecular complexity index is 927. The van der Waals surface area contributed by atoms with E-state index in [2.05, 4.69) is 5.43 Å². The standard InChI is InChI=1S/C21H21N3O3/c1-13-10-11-14(2)24(13)22-19(25)15-6-5-7-16(12-15)23-20(26)17-8-3-4-9-18(17)21(23)27/h3-7,10-12,17-18H,8-9H2,1-2H3,(H,22,25)/t17-,18+. The topological polar surface area (TPSA) is 71.4 Å². The molecule has 2 aromatic rings. The first-order valence-electron chi connectivity index (χ1n) is 9.06. The van der Waals surface area contributed by atoms with Crippen molar-refractivity contribution in [3.8, 4) is 0 Å². The summed E-state index contributed by atoms with van der Waals surface area (Å²) in [5.41, 5.74) is 5.52. The molecule has 138 valence electrons. The second-order valence-corrected chi connectivity index (χ2v) is 7.11. The zero-order valence-corrected chi connectivity index (χ0v) is 15.3. The first-order valence-corrected chi connectivity index (χ1v) is 9.06. The number of hydrogen-bond acceptors (Lipinski definition) is 3. The lowest BCUT2D eigenvalue weighted by Crippen LogP contribution is -2.31. The number of allylic oxidation sites excluding steroid dienone is 2. The van der Waals surface area contributed by atoms with Crippen LogP contribution in [-0.2, 0) is 9.59 Å². The number of anilines is 1. The largest absolute Gasteiger partial charge is 0.274 e. The summed E-state index contributed by atoms with van der Waals surface area (Å²) in [7, 11) is 0. The fourth-order valence-corrected chi connectivity index (χ4v) is 3.85. The van der Waals surface area contributed by atoms with Gasteiger partial charge in [0, 0.05) is 17.0 Å². The zero-order valence-electron chi connectivity index (χ0n) is 15.3. The Labute approximate surface area is 157 Å². The van der Waals surface area contributed by atoms with Gasteiger partial charge in [-0.25, -0.2) is 0 Å². The summed E-state index contributed by atoms with van der Waals surface area (Å²) < 4.78 is 1.71. The van der Waals surface area contributed by atoms with Gasteiger partial charge in [-0.1, -0.05) is 18.2 Å². The van der Waals surface area contributed by atoms with Crippen LogP contribution in [-0.4, -0.2) is 22.4 Å². The number of nitrogens with one attached hydrogen (secondary N) is 1. The van der Waals surface area contributed by atoms with Gasteiger partial charge in [0.1, 0.15) is 0 Å². The minimum atomic E-state index is -0.294. The number of rotatable bonds is 3. The van der Waals surface area contributed by atoms with Gasteiger partial charge in [-0.2, -0.15) is 0 Å². The Balaban J connectivity index is 1.60. The monoisotopic (exact) mass is 363 g/mol. The van der Waals surface area contributed by atoms with Crippen molar-refractivity contribution in [1.29, 1.82) is 0 Å². The Hall–Kier alpha value is -3.15. The number of benzene rings is 1. The molecule has 0 unspecified atom stereocenters. The molecular formula is C21H21N3O3. The zero-order chi connectivity index (χ0) is 19.1. The van der Waals surface area contributed by atoms with Crippen LogP contribution in [0, 0.1) is 25.7 Å². The SMILES string of the molecule is Cc1ccc(C)n1NC(=O)c1cccc(N2C(=O)[C@H]3CC=CC[C@H]3C2=O)c1. The smallest absolute Gasteiger partial charge is 0.270 e. The van der Waals surface area contributed by atoms with Crippen LogP contribution in [0.2, 0.25) is 0 Å². The van der Waals surface area contributed by atoms with Gasteiger partial charge in [0.25, 0.3) is 5.91 Å². The number of aromatic nitrogens is 1. The fourth-order valence-electron chi connectivity index (χ4n) is 3.85. The Kier molecular flexibility index (Phi) is 4.18. The van der Waals surface area contributed by atoms with E-state index in [-0.39, 0.29) is 29.6 Å². The maximum Gasteiger partial charge on any atom is 0.270 e. The van der Waals surface area contributed by atoms with E-state index < -0.39 is 0 Å². The minimum absolute atomic E-state index is 0.177. The van der Waals surface area contributed by atoms with Gasteiger partial charge in [0.2, 0.25) is 11.8 Å². The van der Waals surface area contributed by atoms with Crippen molar-refractivity contribution in [1.82, 2.24) is 4.68 Å². The first kappa shape index (κ1) is 17.3. The van der Waals surface area contributed by atoms with Gasteiger partial charge in [0.15, 0.2) is 0 Å². The summed E-state index contributed by atoms with van der Waals surface area (Å²) in [5, 5.41) is 0. The van der Waals surface area contributed by atoms with Crippen LogP contribution < -0.4 is 10.3 Å². The predicted octanol–water partition coefficient (Wildman–Crippen LogP) is 2.94. The molecular weight excluding hydrogens is 342 g/mol. The summed E-state index contributed by atoms with van der Waals surface area (Å²) in [4.78, 5) is 39.4. The van der Waals surface area contributed by atoms with Gasteiger partial charge >= 0.3 is 0 Å². The van der Waals surface area contributed by atoms with Crippen molar-refractivity contribution in [3.63, 3.8) is 0 Å². The third-order valence-corrected chi connectivity index (χ3v) is 5.36. The normalized spacial score (nSPS) is 21.5. The number of nitrogens with zero attached hydrogens (tertiary/aromatic N) is 2. The molecule has 1 N–H and O–H groups in total. The summed E-state index contributed by atoms with van der Waals surface area (Å²) in [6.07, 6.45) is 5.11. The van der Waals surface area contributed by atoms with Crippen molar-refractivity contribution in [2.45, 2.75) is 26.7 Å². The van der Waals surface area contributed by atoms with Gasteiger partial charge in [-0.3, -0.25) is 29.4 Å². The van der Waals surface area contributed by atoms with E-state index in [0.29, 0.717) is 24.1 Å². The molecule has 1 aliphatic carbocycles. The van der Waals surface area contributed by atoms with Gasteiger partial charge in [-0.15, -0.1) is 0 Å². The average Bonchev–Trinajstić information content (AvgIpc) is 3.13. The van der Waals surface area contributed by atoms with Crippen molar-refractivity contribution in [3.05, 3.63) is 65.5 Å². The van der Waals surface area contributed by atoms with Crippen LogP contribution >= 0.6 is 0 Å². The van der Waals surface area contributed by atoms with E-state index in [4.69, 9.17) is 0 Å². The lowest BCUT2D eigenvalue weighted by atomic mass is 9.85. The van der Waals surface area contributed by atoms with Crippen LogP contribution in [0.3, 0.4) is 0 Å². The molecule has 1 fully saturated rings. The van der Waals surface area contributed by atoms with Crippen LogP contribution in [0.25, 0.3) is 0 Å². The number of fused-ring (bicyclic) bond motifs is 1. The van der Waals surface area contributed by atoms with E-state index in [9.17, 15) is 14.4 Å². The molecule has 4 rings (SSSR count). The van der Waals surface area contributed by atoms with E-state index in [1.165, 1.54) is 4.90 Å². The highest BCUT2D eigenvalue weighted by Gasteiger charge is 2.47. The van der Waals surface area contributed by atoms with Crippen LogP contribution in [0.1, 0.15) is 34.6 Å². The Morgan fingerprint density at radius 3 is 2.15 bits per heavy atom. The van der Waals surface area contributed by atoms with Crippen LogP contribution in [0.4, 0.5) is 5.69 Å². The number of aryl methyl sites for hydroxylation is 2. The quantitative estimate of drug-likeness (QED) is 0.673. The second-order valence-electron chi connectivity index (χ2n) is 7.11. The average molecular weight is 363 g/mol. The second kappa shape index (κ2) is 6.54. The highest BCUT2D eigenvalue weighted by Crippen LogP contribution is 2.37. The molecule has 6 heteroatoms. The highest BCUT2D eigenvalue weighted by molar-refractivity contribution is 6.22. The number of hydrogen-bond donors (Lipinski definition) is 1. The number of amides is 3. The third-order valence-electron chi connectivity index (χ3n) is 5.36. The molecule has 1 aromatic heterocycles. The van der Waals surface area contributed by atoms with Crippen LogP contribution in [0.5, 0.6) is 0 Å². The van der Waals surface area contributed by atoms with Crippen molar-refractivity contribution >= 4 is 23.4 Å². The number of imide groups is 1. The molecule has 1 saturated heterocycles. The maximum atomic E-state index is 12.7. The maximum absolute atomic E-state index is 12.7. The summed E-state index contributed by atoms with van der Waals surface area (Å²) >= 11 is 0. The highest BCUT2D eigenvalue weighted by atomic mass is 16.2. The van der Waals surface area contributed by atoms with Gasteiger partial charge in [0.05, 0.1) is 17.5 Å². The predicted molar refractivity (Wildman–Crippen MR) is 102 cm³/mol. The molecule has 2 atom stereocenters. The molecule has 0 radical (unpaired) electrons. The lowest BCUT2D eigenvalue weighted by molar-refractivity contribution is -0.122. The van der Waals surface area contributed by atoms with Crippen molar-refractivity contribution < 1.29 is 14.4 Å². The summed E-state index contributed by atoms with van der Waals surface area (Å²) in [6.45, 7) is 3.81. The summed E-state index contributed by atoms with van der Waals surface area (Å²) in [6, 6.07) is 10.5. The molecule has 0 spiro atoms.